The molecule has 6 nitrogen and oxygen atoms in total. The molecule has 0 aliphatic heterocycles. The highest BCUT2D eigenvalue weighted by molar-refractivity contribution is 7.92. The molecule has 3 rings (SSSR count). The third-order valence-corrected chi connectivity index (χ3v) is 5.32. The van der Waals surface area contributed by atoms with Crippen LogP contribution in [0.25, 0.3) is 0 Å². The topological polar surface area (TPSA) is 86.9 Å². The molecule has 0 bridgehead atoms. The molecule has 0 saturated heterocycles. The minimum Gasteiger partial charge on any atom is -0.353 e. The van der Waals surface area contributed by atoms with Crippen LogP contribution in [0, 0.1) is 25.5 Å². The molecule has 0 unspecified atom stereocenters. The number of H-pyrrole nitrogens is 1. The molecular formula is C17H16F2N4O2S. The number of anilines is 3. The van der Waals surface area contributed by atoms with Gasteiger partial charge >= 0.3 is 0 Å². The fourth-order valence-electron chi connectivity index (χ4n) is 2.51. The number of halogens is 2. The van der Waals surface area contributed by atoms with Crippen molar-refractivity contribution in [2.45, 2.75) is 18.7 Å². The lowest BCUT2D eigenvalue weighted by Crippen LogP contribution is -2.14. The van der Waals surface area contributed by atoms with E-state index in [-0.39, 0.29) is 10.6 Å². The highest BCUT2D eigenvalue weighted by Gasteiger charge is 2.22. The Morgan fingerprint density at radius 1 is 1.00 bits per heavy atom. The average molecular weight is 378 g/mol. The lowest BCUT2D eigenvalue weighted by atomic mass is 10.2. The Bertz CT molecular complexity index is 1030. The predicted molar refractivity (Wildman–Crippen MR) is 95.0 cm³/mol. The van der Waals surface area contributed by atoms with Crippen LogP contribution >= 0.6 is 0 Å². The highest BCUT2D eigenvalue weighted by atomic mass is 32.2. The molecular weight excluding hydrogens is 362 g/mol. The Labute approximate surface area is 149 Å². The van der Waals surface area contributed by atoms with Gasteiger partial charge in [0.1, 0.15) is 16.5 Å². The van der Waals surface area contributed by atoms with Crippen LogP contribution in [0.4, 0.5) is 25.8 Å². The van der Waals surface area contributed by atoms with Crippen molar-refractivity contribution in [3.63, 3.8) is 0 Å². The van der Waals surface area contributed by atoms with Crippen LogP contribution in [-0.2, 0) is 10.0 Å². The van der Waals surface area contributed by atoms with Crippen LogP contribution in [0.2, 0.25) is 0 Å². The molecule has 136 valence electrons. The average Bonchev–Trinajstić information content (AvgIpc) is 2.91. The van der Waals surface area contributed by atoms with E-state index in [1.54, 1.807) is 26.0 Å². The summed E-state index contributed by atoms with van der Waals surface area (Å²) in [5.41, 5.74) is 1.80. The van der Waals surface area contributed by atoms with Gasteiger partial charge in [-0.15, -0.1) is 0 Å². The van der Waals surface area contributed by atoms with Gasteiger partial charge in [-0.2, -0.15) is 5.10 Å². The Hall–Kier alpha value is -2.94. The second-order valence-electron chi connectivity index (χ2n) is 5.70. The summed E-state index contributed by atoms with van der Waals surface area (Å²) in [7, 11) is -3.78. The van der Waals surface area contributed by atoms with Crippen molar-refractivity contribution in [3.05, 3.63) is 65.5 Å². The molecule has 0 radical (unpaired) electrons. The van der Waals surface area contributed by atoms with Crippen LogP contribution in [0.3, 0.4) is 0 Å². The Balaban J connectivity index is 1.77. The Morgan fingerprint density at radius 2 is 1.65 bits per heavy atom. The third-order valence-electron chi connectivity index (χ3n) is 3.68. The van der Waals surface area contributed by atoms with Crippen molar-refractivity contribution in [3.8, 4) is 0 Å². The van der Waals surface area contributed by atoms with Crippen LogP contribution in [0.5, 0.6) is 0 Å². The molecule has 0 aliphatic rings. The van der Waals surface area contributed by atoms with E-state index in [0.717, 1.165) is 12.1 Å². The summed E-state index contributed by atoms with van der Waals surface area (Å²) < 4.78 is 54.0. The summed E-state index contributed by atoms with van der Waals surface area (Å²) in [6, 6.07) is 9.43. The van der Waals surface area contributed by atoms with Crippen molar-refractivity contribution < 1.29 is 17.2 Å². The van der Waals surface area contributed by atoms with Gasteiger partial charge in [-0.3, -0.25) is 9.82 Å². The number of rotatable bonds is 5. The van der Waals surface area contributed by atoms with Crippen LogP contribution in [0.15, 0.2) is 47.4 Å². The largest absolute Gasteiger partial charge is 0.353 e. The normalized spacial score (nSPS) is 11.4. The van der Waals surface area contributed by atoms with E-state index in [1.807, 2.05) is 0 Å². The fourth-order valence-corrected chi connectivity index (χ4v) is 3.94. The first kappa shape index (κ1) is 17.9. The van der Waals surface area contributed by atoms with Crippen molar-refractivity contribution in [1.29, 1.82) is 0 Å². The van der Waals surface area contributed by atoms with E-state index in [4.69, 9.17) is 0 Å². The maximum absolute atomic E-state index is 13.7. The first-order valence-electron chi connectivity index (χ1n) is 7.63. The van der Waals surface area contributed by atoms with Gasteiger partial charge < -0.3 is 5.32 Å². The SMILES string of the molecule is Cc1n[nH]c(C)c1S(=O)(=O)Nc1ccc(Nc2ccc(F)cc2F)cc1. The van der Waals surface area contributed by atoms with Crippen LogP contribution < -0.4 is 10.0 Å². The molecule has 26 heavy (non-hydrogen) atoms. The number of nitrogens with zero attached hydrogens (tertiary/aromatic N) is 1. The molecule has 2 aromatic carbocycles. The molecule has 1 aromatic heterocycles. The molecule has 0 spiro atoms. The molecule has 0 atom stereocenters. The molecule has 3 N–H and O–H groups in total. The minimum absolute atomic E-state index is 0.105. The van der Waals surface area contributed by atoms with Crippen LogP contribution in [0.1, 0.15) is 11.4 Å². The van der Waals surface area contributed by atoms with Crippen molar-refractivity contribution in [1.82, 2.24) is 10.2 Å². The Kier molecular flexibility index (Phi) is 4.64. The number of aromatic nitrogens is 2. The maximum atomic E-state index is 13.7. The number of aromatic amines is 1. The van der Waals surface area contributed by atoms with E-state index in [2.05, 4.69) is 20.2 Å². The molecule has 0 amide bonds. The Morgan fingerprint density at radius 3 is 2.23 bits per heavy atom. The van der Waals surface area contributed by atoms with Crippen molar-refractivity contribution >= 4 is 27.1 Å². The van der Waals surface area contributed by atoms with Gasteiger partial charge in [0.05, 0.1) is 17.1 Å². The summed E-state index contributed by atoms with van der Waals surface area (Å²) in [5, 5.41) is 9.32. The summed E-state index contributed by atoms with van der Waals surface area (Å²) in [4.78, 5) is 0.105. The lowest BCUT2D eigenvalue weighted by Gasteiger charge is -2.11. The summed E-state index contributed by atoms with van der Waals surface area (Å²) in [6.07, 6.45) is 0. The number of hydrogen-bond donors (Lipinski definition) is 3. The number of aryl methyl sites for hydroxylation is 2. The fraction of sp³-hybridized carbons (Fsp3) is 0.118. The van der Waals surface area contributed by atoms with E-state index < -0.39 is 21.7 Å². The van der Waals surface area contributed by atoms with Crippen molar-refractivity contribution in [2.24, 2.45) is 0 Å². The summed E-state index contributed by atoms with van der Waals surface area (Å²) >= 11 is 0. The first-order chi connectivity index (χ1) is 12.3. The van der Waals surface area contributed by atoms with Gasteiger partial charge in [0.25, 0.3) is 10.0 Å². The smallest absolute Gasteiger partial charge is 0.265 e. The van der Waals surface area contributed by atoms with Gasteiger partial charge in [-0.25, -0.2) is 17.2 Å². The number of nitrogens with one attached hydrogen (secondary N) is 3. The zero-order valence-corrected chi connectivity index (χ0v) is 14.8. The molecule has 0 saturated carbocycles. The zero-order chi connectivity index (χ0) is 18.9. The molecule has 0 fully saturated rings. The first-order valence-corrected chi connectivity index (χ1v) is 9.11. The molecule has 0 aliphatic carbocycles. The van der Waals surface area contributed by atoms with E-state index in [1.165, 1.54) is 18.2 Å². The van der Waals surface area contributed by atoms with Gasteiger partial charge in [-0.1, -0.05) is 0 Å². The molecule has 1 heterocycles. The van der Waals surface area contributed by atoms with Gasteiger partial charge in [-0.05, 0) is 50.2 Å². The minimum atomic E-state index is -3.78. The van der Waals surface area contributed by atoms with E-state index in [9.17, 15) is 17.2 Å². The van der Waals surface area contributed by atoms with Gasteiger partial charge in [0.2, 0.25) is 0 Å². The quantitative estimate of drug-likeness (QED) is 0.629. The second-order valence-corrected chi connectivity index (χ2v) is 7.31. The third kappa shape index (κ3) is 3.67. The second kappa shape index (κ2) is 6.75. The van der Waals surface area contributed by atoms with Gasteiger partial charge in [0.15, 0.2) is 0 Å². The number of sulfonamides is 1. The zero-order valence-electron chi connectivity index (χ0n) is 14.0. The monoisotopic (exact) mass is 378 g/mol. The summed E-state index contributed by atoms with van der Waals surface area (Å²) in [5.74, 6) is -1.39. The predicted octanol–water partition coefficient (Wildman–Crippen LogP) is 3.85. The molecule has 9 heteroatoms. The maximum Gasteiger partial charge on any atom is 0.265 e. The molecule has 3 aromatic rings. The number of hydrogen-bond acceptors (Lipinski definition) is 4. The van der Waals surface area contributed by atoms with Crippen molar-refractivity contribution in [2.75, 3.05) is 10.0 Å². The van der Waals surface area contributed by atoms with Crippen LogP contribution in [-0.4, -0.2) is 18.6 Å². The number of benzene rings is 2. The van der Waals surface area contributed by atoms with E-state index in [0.29, 0.717) is 22.8 Å². The highest BCUT2D eigenvalue weighted by Crippen LogP contribution is 2.24. The standard InChI is InChI=1S/C17H16F2N4O2S/c1-10-17(11(2)22-21-10)26(24,25)23-14-6-4-13(5-7-14)20-16-8-3-12(18)9-15(16)19/h3-9,20,23H,1-2H3,(H,21,22). The summed E-state index contributed by atoms with van der Waals surface area (Å²) in [6.45, 7) is 3.22. The van der Waals surface area contributed by atoms with E-state index >= 15 is 0 Å². The lowest BCUT2D eigenvalue weighted by molar-refractivity contribution is 0.586. The van der Waals surface area contributed by atoms with Gasteiger partial charge in [0, 0.05) is 17.4 Å².